The molecule has 0 saturated carbocycles. The number of hydrogen-bond acceptors (Lipinski definition) is 5. The summed E-state index contributed by atoms with van der Waals surface area (Å²) < 4.78 is 24.4. The van der Waals surface area contributed by atoms with E-state index in [1.807, 2.05) is 6.07 Å². The highest BCUT2D eigenvalue weighted by Gasteiger charge is 2.32. The predicted molar refractivity (Wildman–Crippen MR) is 97.5 cm³/mol. The first-order valence-electron chi connectivity index (χ1n) is 8.61. The Hall–Kier alpha value is -2.22. The molecule has 142 valence electrons. The number of carbonyl (C=O) groups excluding carboxylic acids is 3. The highest BCUT2D eigenvalue weighted by Crippen LogP contribution is 2.20. The van der Waals surface area contributed by atoms with Crippen LogP contribution in [0.4, 0.5) is 0 Å². The van der Waals surface area contributed by atoms with Crippen LogP contribution in [0.5, 0.6) is 0 Å². The third-order valence-corrected chi connectivity index (χ3v) is 6.73. The molecule has 0 bridgehead atoms. The Labute approximate surface area is 153 Å². The minimum absolute atomic E-state index is 0.0815. The monoisotopic (exact) mass is 380 g/mol. The minimum Gasteiger partial charge on any atom is -0.358 e. The first-order chi connectivity index (χ1) is 12.3. The van der Waals surface area contributed by atoms with Gasteiger partial charge in [-0.15, -0.1) is 0 Å². The fourth-order valence-electron chi connectivity index (χ4n) is 2.98. The third kappa shape index (κ3) is 5.39. The van der Waals surface area contributed by atoms with Crippen molar-refractivity contribution in [2.24, 2.45) is 0 Å². The number of hydrogen-bond donors (Lipinski definition) is 1. The van der Waals surface area contributed by atoms with Crippen LogP contribution in [0.3, 0.4) is 0 Å². The van der Waals surface area contributed by atoms with Crippen LogP contribution in [0, 0.1) is 0 Å². The third-order valence-electron chi connectivity index (χ3n) is 4.58. The van der Waals surface area contributed by atoms with Gasteiger partial charge in [-0.3, -0.25) is 14.4 Å². The smallest absolute Gasteiger partial charge is 0.234 e. The average Bonchev–Trinajstić information content (AvgIpc) is 2.66. The Morgan fingerprint density at radius 3 is 2.27 bits per heavy atom. The lowest BCUT2D eigenvalue weighted by atomic mass is 10.1. The first kappa shape index (κ1) is 20.1. The van der Waals surface area contributed by atoms with Crippen molar-refractivity contribution in [2.45, 2.75) is 30.9 Å². The van der Waals surface area contributed by atoms with Crippen LogP contribution in [0.25, 0.3) is 0 Å². The van der Waals surface area contributed by atoms with Crippen molar-refractivity contribution < 1.29 is 22.8 Å². The summed E-state index contributed by atoms with van der Waals surface area (Å²) in [5, 5.41) is 1.71. The second-order valence-corrected chi connectivity index (χ2v) is 8.63. The quantitative estimate of drug-likeness (QED) is 0.705. The van der Waals surface area contributed by atoms with Crippen LogP contribution >= 0.6 is 0 Å². The highest BCUT2D eigenvalue weighted by atomic mass is 32.2. The zero-order chi connectivity index (χ0) is 19.2. The van der Waals surface area contributed by atoms with Crippen LogP contribution in [0.15, 0.2) is 30.3 Å². The van der Waals surface area contributed by atoms with Crippen molar-refractivity contribution in [1.29, 1.82) is 0 Å². The second kappa shape index (κ2) is 8.93. The van der Waals surface area contributed by atoms with E-state index in [4.69, 9.17) is 0 Å². The Balaban J connectivity index is 1.81. The van der Waals surface area contributed by atoms with Gasteiger partial charge < -0.3 is 10.2 Å². The van der Waals surface area contributed by atoms with Gasteiger partial charge in [-0.05, 0) is 12.8 Å². The molecule has 0 aliphatic carbocycles. The number of piperidine rings is 1. The molecule has 8 heteroatoms. The van der Waals surface area contributed by atoms with E-state index in [1.165, 1.54) is 7.05 Å². The van der Waals surface area contributed by atoms with Crippen molar-refractivity contribution in [3.05, 3.63) is 35.9 Å². The van der Waals surface area contributed by atoms with Crippen molar-refractivity contribution in [3.63, 3.8) is 0 Å². The molecule has 1 saturated heterocycles. The molecular weight excluding hydrogens is 356 g/mol. The number of nitrogens with one attached hydrogen (secondary N) is 1. The first-order valence-corrected chi connectivity index (χ1v) is 10.3. The molecule has 26 heavy (non-hydrogen) atoms. The van der Waals surface area contributed by atoms with E-state index in [0.717, 1.165) is 0 Å². The number of benzene rings is 1. The molecule has 1 heterocycles. The Bertz CT molecular complexity index is 753. The molecule has 0 unspecified atom stereocenters. The lowest BCUT2D eigenvalue weighted by Crippen LogP contribution is -2.44. The molecule has 1 fully saturated rings. The zero-order valence-corrected chi connectivity index (χ0v) is 15.6. The van der Waals surface area contributed by atoms with Gasteiger partial charge in [0.25, 0.3) is 0 Å². The molecule has 0 spiro atoms. The van der Waals surface area contributed by atoms with Crippen LogP contribution in [-0.2, 0) is 19.4 Å². The molecule has 2 amide bonds. The van der Waals surface area contributed by atoms with Crippen molar-refractivity contribution in [1.82, 2.24) is 10.2 Å². The molecule has 1 aliphatic rings. The largest absolute Gasteiger partial charge is 0.358 e. The molecular formula is C18H24N2O5S. The van der Waals surface area contributed by atoms with Gasteiger partial charge in [-0.1, -0.05) is 30.3 Å². The highest BCUT2D eigenvalue weighted by molar-refractivity contribution is 7.92. The van der Waals surface area contributed by atoms with Gasteiger partial charge in [-0.2, -0.15) is 0 Å². The number of Topliss-reactive ketones (excluding diaryl/α,β-unsaturated/α-hetero) is 1. The average molecular weight is 380 g/mol. The van der Waals surface area contributed by atoms with Gasteiger partial charge in [-0.25, -0.2) is 8.42 Å². The van der Waals surface area contributed by atoms with Crippen LogP contribution in [0.2, 0.25) is 0 Å². The lowest BCUT2D eigenvalue weighted by molar-refractivity contribution is -0.132. The summed E-state index contributed by atoms with van der Waals surface area (Å²) in [4.78, 5) is 37.3. The molecule has 1 aromatic rings. The SMILES string of the molecule is CNC(=O)CS(=O)(=O)C1CCN(C(=O)CCC(=O)c2ccccc2)CC1. The number of amides is 2. The fraction of sp³-hybridized carbons (Fsp3) is 0.500. The summed E-state index contributed by atoms with van der Waals surface area (Å²) in [6.07, 6.45) is 0.885. The molecule has 0 atom stereocenters. The topological polar surface area (TPSA) is 101 Å². The Kier molecular flexibility index (Phi) is 6.90. The van der Waals surface area contributed by atoms with E-state index in [9.17, 15) is 22.8 Å². The normalized spacial score (nSPS) is 15.5. The van der Waals surface area contributed by atoms with Gasteiger partial charge in [0.05, 0.1) is 5.25 Å². The number of ketones is 1. The molecule has 1 aromatic carbocycles. The van der Waals surface area contributed by atoms with E-state index in [1.54, 1.807) is 29.2 Å². The summed E-state index contributed by atoms with van der Waals surface area (Å²) in [7, 11) is -2.11. The Morgan fingerprint density at radius 1 is 1.08 bits per heavy atom. The maximum Gasteiger partial charge on any atom is 0.234 e. The van der Waals surface area contributed by atoms with Gasteiger partial charge in [0.2, 0.25) is 11.8 Å². The zero-order valence-electron chi connectivity index (χ0n) is 14.8. The van der Waals surface area contributed by atoms with Crippen molar-refractivity contribution in [2.75, 3.05) is 25.9 Å². The van der Waals surface area contributed by atoms with E-state index < -0.39 is 26.7 Å². The molecule has 0 aromatic heterocycles. The van der Waals surface area contributed by atoms with E-state index in [-0.39, 0.29) is 24.5 Å². The molecule has 7 nitrogen and oxygen atoms in total. The summed E-state index contributed by atoms with van der Waals surface area (Å²) in [5.74, 6) is -1.27. The van der Waals surface area contributed by atoms with Gasteiger partial charge in [0.15, 0.2) is 15.6 Å². The lowest BCUT2D eigenvalue weighted by Gasteiger charge is -2.31. The minimum atomic E-state index is -3.51. The van der Waals surface area contributed by atoms with E-state index >= 15 is 0 Å². The molecule has 1 aliphatic heterocycles. The second-order valence-electron chi connectivity index (χ2n) is 6.35. The van der Waals surface area contributed by atoms with Crippen molar-refractivity contribution in [3.8, 4) is 0 Å². The summed E-state index contributed by atoms with van der Waals surface area (Å²) in [5.41, 5.74) is 0.583. The number of likely N-dealkylation sites (tertiary alicyclic amines) is 1. The predicted octanol–water partition coefficient (Wildman–Crippen LogP) is 0.801. The number of carbonyl (C=O) groups is 3. The van der Waals surface area contributed by atoms with Gasteiger partial charge >= 0.3 is 0 Å². The number of nitrogens with zero attached hydrogens (tertiary/aromatic N) is 1. The standard InChI is InChI=1S/C18H24N2O5S/c1-19-17(22)13-26(24,25)15-9-11-20(12-10-15)18(23)8-7-16(21)14-5-3-2-4-6-14/h2-6,15H,7-13H2,1H3,(H,19,22). The van der Waals surface area contributed by atoms with E-state index in [2.05, 4.69) is 5.32 Å². The number of rotatable bonds is 7. The maximum atomic E-state index is 12.3. The fourth-order valence-corrected chi connectivity index (χ4v) is 4.66. The molecule has 2 rings (SSSR count). The van der Waals surface area contributed by atoms with Crippen LogP contribution in [-0.4, -0.2) is 62.1 Å². The Morgan fingerprint density at radius 2 is 1.69 bits per heavy atom. The summed E-state index contributed by atoms with van der Waals surface area (Å²) in [6, 6.07) is 8.81. The molecule has 1 N–H and O–H groups in total. The number of sulfone groups is 1. The summed E-state index contributed by atoms with van der Waals surface area (Å²) >= 11 is 0. The maximum absolute atomic E-state index is 12.3. The molecule has 0 radical (unpaired) electrons. The van der Waals surface area contributed by atoms with E-state index in [0.29, 0.717) is 31.5 Å². The van der Waals surface area contributed by atoms with Crippen LogP contribution in [0.1, 0.15) is 36.0 Å². The van der Waals surface area contributed by atoms with Crippen LogP contribution < -0.4 is 5.32 Å². The van der Waals surface area contributed by atoms with Gasteiger partial charge in [0.1, 0.15) is 5.75 Å². The van der Waals surface area contributed by atoms with Gasteiger partial charge in [0, 0.05) is 38.5 Å². The van der Waals surface area contributed by atoms with Crippen molar-refractivity contribution >= 4 is 27.4 Å². The summed E-state index contributed by atoms with van der Waals surface area (Å²) in [6.45, 7) is 0.659.